The number of nitrogens with zero attached hydrogens (tertiary/aromatic N) is 3. The highest BCUT2D eigenvalue weighted by Gasteiger charge is 2.22. The van der Waals surface area contributed by atoms with Crippen LogP contribution >= 0.6 is 22.9 Å². The Morgan fingerprint density at radius 3 is 2.57 bits per heavy atom. The summed E-state index contributed by atoms with van der Waals surface area (Å²) in [5.41, 5.74) is 4.38. The zero-order valence-corrected chi connectivity index (χ0v) is 14.2. The van der Waals surface area contributed by atoms with Gasteiger partial charge in [-0.2, -0.15) is 0 Å². The van der Waals surface area contributed by atoms with Crippen LogP contribution in [0.3, 0.4) is 0 Å². The number of benzene rings is 1. The first-order valence-corrected chi connectivity index (χ1v) is 8.34. The van der Waals surface area contributed by atoms with Gasteiger partial charge in [0, 0.05) is 11.1 Å². The predicted molar refractivity (Wildman–Crippen MR) is 89.4 cm³/mol. The number of thiazole rings is 1. The Labute approximate surface area is 133 Å². The molecule has 1 aromatic carbocycles. The Kier molecular flexibility index (Phi) is 3.76. The van der Waals surface area contributed by atoms with Crippen molar-refractivity contribution in [3.05, 3.63) is 45.7 Å². The molecule has 0 saturated heterocycles. The van der Waals surface area contributed by atoms with E-state index in [0.717, 1.165) is 27.6 Å². The fourth-order valence-electron chi connectivity index (χ4n) is 2.64. The van der Waals surface area contributed by atoms with Gasteiger partial charge in [-0.3, -0.25) is 0 Å². The lowest BCUT2D eigenvalue weighted by Crippen LogP contribution is -2.11. The van der Waals surface area contributed by atoms with Gasteiger partial charge in [-0.15, -0.1) is 22.9 Å². The molecule has 3 rings (SSSR count). The van der Waals surface area contributed by atoms with Crippen molar-refractivity contribution in [3.63, 3.8) is 0 Å². The quantitative estimate of drug-likeness (QED) is 0.635. The molecular weight excluding hydrogens is 302 g/mol. The maximum Gasteiger partial charge on any atom is 0.128 e. The van der Waals surface area contributed by atoms with E-state index in [2.05, 4.69) is 47.0 Å². The van der Waals surface area contributed by atoms with Gasteiger partial charge >= 0.3 is 0 Å². The predicted octanol–water partition coefficient (Wildman–Crippen LogP) is 5.02. The first-order chi connectivity index (χ1) is 9.99. The third-order valence-electron chi connectivity index (χ3n) is 3.69. The minimum atomic E-state index is -0.139. The number of hydrogen-bond donors (Lipinski definition) is 0. The van der Waals surface area contributed by atoms with Crippen LogP contribution in [0.15, 0.2) is 23.6 Å². The molecule has 0 bridgehead atoms. The van der Waals surface area contributed by atoms with Crippen LogP contribution in [0.2, 0.25) is 0 Å². The highest BCUT2D eigenvalue weighted by molar-refractivity contribution is 7.09. The Hall–Kier alpha value is -1.39. The van der Waals surface area contributed by atoms with Crippen LogP contribution in [0.1, 0.15) is 47.4 Å². The number of para-hydroxylation sites is 1. The van der Waals surface area contributed by atoms with Gasteiger partial charge in [-0.25, -0.2) is 9.97 Å². The van der Waals surface area contributed by atoms with Crippen molar-refractivity contribution in [2.75, 3.05) is 0 Å². The third-order valence-corrected chi connectivity index (χ3v) is 5.01. The number of fused-ring (bicyclic) bond motifs is 1. The molecule has 0 N–H and O–H groups in total. The molecule has 0 saturated carbocycles. The monoisotopic (exact) mass is 319 g/mol. The van der Waals surface area contributed by atoms with Gasteiger partial charge in [0.25, 0.3) is 0 Å². The molecule has 110 valence electrons. The average molecular weight is 320 g/mol. The van der Waals surface area contributed by atoms with E-state index in [1.807, 2.05) is 13.8 Å². The summed E-state index contributed by atoms with van der Waals surface area (Å²) in [6, 6.07) is 6.39. The van der Waals surface area contributed by atoms with Gasteiger partial charge in [0.1, 0.15) is 10.8 Å². The summed E-state index contributed by atoms with van der Waals surface area (Å²) in [5.74, 6) is 0.904. The van der Waals surface area contributed by atoms with Crippen LogP contribution in [-0.2, 0) is 0 Å². The lowest BCUT2D eigenvalue weighted by molar-refractivity contribution is 0.614. The van der Waals surface area contributed by atoms with Crippen LogP contribution in [-0.4, -0.2) is 14.5 Å². The fraction of sp³-hybridized carbons (Fsp3) is 0.375. The molecule has 3 nitrogen and oxygen atoms in total. The van der Waals surface area contributed by atoms with Crippen molar-refractivity contribution in [1.82, 2.24) is 14.5 Å². The molecule has 0 spiro atoms. The minimum absolute atomic E-state index is 0.131. The fourth-order valence-corrected chi connectivity index (χ4v) is 3.63. The van der Waals surface area contributed by atoms with Crippen molar-refractivity contribution in [1.29, 1.82) is 0 Å². The molecule has 2 aromatic heterocycles. The van der Waals surface area contributed by atoms with Gasteiger partial charge in [0.05, 0.1) is 22.5 Å². The number of hydrogen-bond acceptors (Lipinski definition) is 3. The van der Waals surface area contributed by atoms with E-state index in [0.29, 0.717) is 0 Å². The maximum absolute atomic E-state index is 6.37. The Bertz CT molecular complexity index is 788. The maximum atomic E-state index is 6.37. The zero-order valence-electron chi connectivity index (χ0n) is 12.6. The van der Waals surface area contributed by atoms with E-state index in [1.54, 1.807) is 11.3 Å². The Morgan fingerprint density at radius 2 is 1.95 bits per heavy atom. The topological polar surface area (TPSA) is 30.7 Å². The number of imidazole rings is 1. The molecule has 0 aliphatic carbocycles. The smallest absolute Gasteiger partial charge is 0.128 e. The van der Waals surface area contributed by atoms with Crippen LogP contribution in [0.25, 0.3) is 11.0 Å². The van der Waals surface area contributed by atoms with Gasteiger partial charge in [0.15, 0.2) is 0 Å². The lowest BCUT2D eigenvalue weighted by Gasteiger charge is -2.16. The van der Waals surface area contributed by atoms with E-state index in [9.17, 15) is 0 Å². The summed E-state index contributed by atoms with van der Waals surface area (Å²) in [7, 11) is 0. The van der Waals surface area contributed by atoms with E-state index in [1.165, 1.54) is 5.56 Å². The summed E-state index contributed by atoms with van der Waals surface area (Å²) in [5, 5.41) is 3.03. The molecule has 21 heavy (non-hydrogen) atoms. The second kappa shape index (κ2) is 5.43. The number of aryl methyl sites for hydroxylation is 2. The largest absolute Gasteiger partial charge is 0.317 e. The van der Waals surface area contributed by atoms with E-state index < -0.39 is 0 Å². The van der Waals surface area contributed by atoms with Crippen LogP contribution < -0.4 is 0 Å². The van der Waals surface area contributed by atoms with E-state index in [4.69, 9.17) is 16.6 Å². The Balaban J connectivity index is 2.24. The average Bonchev–Trinajstić information content (AvgIpc) is 3.02. The van der Waals surface area contributed by atoms with Gasteiger partial charge in [0.2, 0.25) is 0 Å². The van der Waals surface area contributed by atoms with Crippen LogP contribution in [0.4, 0.5) is 0 Å². The SMILES string of the molecule is Cc1csc(C(C)n2c(C(C)Cl)nc3c(C)cccc32)n1. The van der Waals surface area contributed by atoms with Crippen LogP contribution in [0, 0.1) is 13.8 Å². The molecule has 0 aliphatic rings. The molecule has 2 heterocycles. The van der Waals surface area contributed by atoms with Crippen molar-refractivity contribution in [3.8, 4) is 0 Å². The summed E-state index contributed by atoms with van der Waals surface area (Å²) in [6.07, 6.45) is 0. The molecular formula is C16H18ClN3S. The second-order valence-electron chi connectivity index (χ2n) is 5.40. The van der Waals surface area contributed by atoms with E-state index in [-0.39, 0.29) is 11.4 Å². The lowest BCUT2D eigenvalue weighted by atomic mass is 10.2. The number of aromatic nitrogens is 3. The van der Waals surface area contributed by atoms with E-state index >= 15 is 0 Å². The van der Waals surface area contributed by atoms with Crippen LogP contribution in [0.5, 0.6) is 0 Å². The third kappa shape index (κ3) is 2.47. The van der Waals surface area contributed by atoms with Crippen molar-refractivity contribution >= 4 is 34.0 Å². The molecule has 0 radical (unpaired) electrons. The second-order valence-corrected chi connectivity index (χ2v) is 6.95. The zero-order chi connectivity index (χ0) is 15.1. The highest BCUT2D eigenvalue weighted by atomic mass is 35.5. The normalized spacial score (nSPS) is 14.5. The van der Waals surface area contributed by atoms with Gasteiger partial charge < -0.3 is 4.57 Å². The van der Waals surface area contributed by atoms with Crippen molar-refractivity contribution in [2.45, 2.75) is 39.1 Å². The molecule has 3 aromatic rings. The molecule has 5 heteroatoms. The summed E-state index contributed by atoms with van der Waals surface area (Å²) >= 11 is 8.05. The molecule has 0 amide bonds. The first-order valence-electron chi connectivity index (χ1n) is 7.02. The molecule has 2 atom stereocenters. The Morgan fingerprint density at radius 1 is 1.19 bits per heavy atom. The standard InChI is InChI=1S/C16H18ClN3S/c1-9-6-5-7-13-14(9)19-15(11(3)17)20(13)12(4)16-18-10(2)8-21-16/h5-8,11-12H,1-4H3. The summed E-state index contributed by atoms with van der Waals surface area (Å²) < 4.78 is 2.22. The number of rotatable bonds is 3. The van der Waals surface area contributed by atoms with Gasteiger partial charge in [-0.1, -0.05) is 12.1 Å². The van der Waals surface area contributed by atoms with Crippen molar-refractivity contribution in [2.24, 2.45) is 0 Å². The summed E-state index contributed by atoms with van der Waals surface area (Å²) in [6.45, 7) is 8.23. The number of alkyl halides is 1. The molecule has 2 unspecified atom stereocenters. The van der Waals surface area contributed by atoms with Gasteiger partial charge in [-0.05, 0) is 39.3 Å². The molecule has 0 fully saturated rings. The molecule has 0 aliphatic heterocycles. The minimum Gasteiger partial charge on any atom is -0.317 e. The van der Waals surface area contributed by atoms with Crippen molar-refractivity contribution < 1.29 is 0 Å². The summed E-state index contributed by atoms with van der Waals surface area (Å²) in [4.78, 5) is 9.40. The first kappa shape index (κ1) is 14.5. The highest BCUT2D eigenvalue weighted by Crippen LogP contribution is 2.33. The number of halogens is 1.